The molecule has 2 aliphatic heterocycles. The number of hydrogen-bond donors (Lipinski definition) is 3. The van der Waals surface area contributed by atoms with Crippen molar-refractivity contribution in [1.29, 1.82) is 0 Å². The number of methoxy groups -OCH3 is 1. The lowest BCUT2D eigenvalue weighted by atomic mass is 9.96. The van der Waals surface area contributed by atoms with E-state index in [1.807, 2.05) is 0 Å². The molecular weight excluding hydrogens is 320 g/mol. The molecular formula is C18H26N4O3. The minimum absolute atomic E-state index is 0.118. The molecule has 0 spiro atoms. The fourth-order valence-corrected chi connectivity index (χ4v) is 3.41. The van der Waals surface area contributed by atoms with Crippen LogP contribution in [0.25, 0.3) is 0 Å². The van der Waals surface area contributed by atoms with E-state index in [0.717, 1.165) is 19.5 Å². The fourth-order valence-electron chi connectivity index (χ4n) is 3.41. The van der Waals surface area contributed by atoms with Crippen LogP contribution < -0.4 is 25.6 Å². The molecule has 3 rings (SSSR count). The number of carbonyl (C=O) groups is 2. The summed E-state index contributed by atoms with van der Waals surface area (Å²) in [7, 11) is 1.56. The number of ether oxygens (including phenoxy) is 1. The van der Waals surface area contributed by atoms with Crippen molar-refractivity contribution < 1.29 is 14.3 Å². The Hall–Kier alpha value is -2.28. The number of benzene rings is 1. The summed E-state index contributed by atoms with van der Waals surface area (Å²) < 4.78 is 5.34. The van der Waals surface area contributed by atoms with Crippen molar-refractivity contribution in [2.45, 2.75) is 19.3 Å². The predicted molar refractivity (Wildman–Crippen MR) is 96.3 cm³/mol. The summed E-state index contributed by atoms with van der Waals surface area (Å²) in [4.78, 5) is 26.0. The van der Waals surface area contributed by atoms with Crippen LogP contribution in [0.1, 0.15) is 29.6 Å². The molecule has 2 fully saturated rings. The third-order valence-corrected chi connectivity index (χ3v) is 4.83. The van der Waals surface area contributed by atoms with E-state index in [-0.39, 0.29) is 11.9 Å². The van der Waals surface area contributed by atoms with Crippen LogP contribution in [0.2, 0.25) is 0 Å². The van der Waals surface area contributed by atoms with Crippen LogP contribution >= 0.6 is 0 Å². The van der Waals surface area contributed by atoms with Crippen LogP contribution in [0.3, 0.4) is 0 Å². The van der Waals surface area contributed by atoms with Crippen LogP contribution in [-0.2, 0) is 0 Å². The second-order valence-electron chi connectivity index (χ2n) is 6.53. The molecule has 1 unspecified atom stereocenters. The third-order valence-electron chi connectivity index (χ3n) is 4.83. The Morgan fingerprint density at radius 1 is 1.40 bits per heavy atom. The smallest absolute Gasteiger partial charge is 0.322 e. The van der Waals surface area contributed by atoms with Crippen molar-refractivity contribution in [3.63, 3.8) is 0 Å². The average molecular weight is 346 g/mol. The maximum absolute atomic E-state index is 12.4. The molecule has 1 atom stereocenters. The molecule has 25 heavy (non-hydrogen) atoms. The van der Waals surface area contributed by atoms with Gasteiger partial charge in [-0.3, -0.25) is 9.69 Å². The van der Waals surface area contributed by atoms with Crippen LogP contribution in [0.15, 0.2) is 18.2 Å². The summed E-state index contributed by atoms with van der Waals surface area (Å²) in [6.45, 7) is 3.95. The van der Waals surface area contributed by atoms with Gasteiger partial charge in [0.25, 0.3) is 5.91 Å². The summed E-state index contributed by atoms with van der Waals surface area (Å²) in [6.07, 6.45) is 3.41. The number of urea groups is 1. The zero-order chi connectivity index (χ0) is 17.6. The molecule has 136 valence electrons. The number of amides is 3. The molecule has 7 nitrogen and oxygen atoms in total. The van der Waals surface area contributed by atoms with E-state index in [2.05, 4.69) is 16.0 Å². The Labute approximate surface area is 148 Å². The number of anilines is 1. The average Bonchev–Trinajstić information content (AvgIpc) is 3.07. The van der Waals surface area contributed by atoms with Crippen molar-refractivity contribution in [2.75, 3.05) is 44.7 Å². The Bertz CT molecular complexity index is 629. The number of piperidine rings is 1. The molecule has 0 aliphatic carbocycles. The van der Waals surface area contributed by atoms with Gasteiger partial charge in [0.05, 0.1) is 12.8 Å². The lowest BCUT2D eigenvalue weighted by Crippen LogP contribution is -2.33. The zero-order valence-corrected chi connectivity index (χ0v) is 14.6. The minimum atomic E-state index is -0.166. The number of hydrogen-bond acceptors (Lipinski definition) is 4. The van der Waals surface area contributed by atoms with E-state index < -0.39 is 0 Å². The monoisotopic (exact) mass is 346 g/mol. The standard InChI is InChI=1S/C18H26N4O3/c1-25-16-5-4-14(11-15(16)22-10-9-21-18(22)24)17(23)20-8-6-13-3-2-7-19-12-13/h4-5,11,13,19H,2-3,6-10,12H2,1H3,(H,20,23)(H,21,24). The van der Waals surface area contributed by atoms with Crippen LogP contribution in [-0.4, -0.2) is 51.8 Å². The molecule has 0 saturated carbocycles. The largest absolute Gasteiger partial charge is 0.495 e. The van der Waals surface area contributed by atoms with Crippen molar-refractivity contribution in [2.24, 2.45) is 5.92 Å². The number of nitrogens with one attached hydrogen (secondary N) is 3. The maximum Gasteiger partial charge on any atom is 0.322 e. The highest BCUT2D eigenvalue weighted by Gasteiger charge is 2.25. The number of carbonyl (C=O) groups excluding carboxylic acids is 2. The molecule has 2 aliphatic rings. The summed E-state index contributed by atoms with van der Waals surface area (Å²) in [6, 6.07) is 5.02. The number of rotatable bonds is 6. The van der Waals surface area contributed by atoms with Gasteiger partial charge in [-0.15, -0.1) is 0 Å². The van der Waals surface area contributed by atoms with Gasteiger partial charge >= 0.3 is 6.03 Å². The van der Waals surface area contributed by atoms with Gasteiger partial charge in [-0.2, -0.15) is 0 Å². The molecule has 0 bridgehead atoms. The third kappa shape index (κ3) is 4.22. The topological polar surface area (TPSA) is 82.7 Å². The second kappa shape index (κ2) is 8.20. The van der Waals surface area contributed by atoms with Crippen molar-refractivity contribution in [1.82, 2.24) is 16.0 Å². The summed E-state index contributed by atoms with van der Waals surface area (Å²) in [5.41, 5.74) is 1.17. The van der Waals surface area contributed by atoms with E-state index >= 15 is 0 Å². The highest BCUT2D eigenvalue weighted by molar-refractivity contribution is 5.99. The second-order valence-corrected chi connectivity index (χ2v) is 6.53. The molecule has 3 amide bonds. The van der Waals surface area contributed by atoms with Gasteiger partial charge in [-0.05, 0) is 56.5 Å². The van der Waals surface area contributed by atoms with Gasteiger partial charge < -0.3 is 20.7 Å². The van der Waals surface area contributed by atoms with Gasteiger partial charge in [-0.1, -0.05) is 0 Å². The Balaban J connectivity index is 1.62. The van der Waals surface area contributed by atoms with Gasteiger partial charge in [0.15, 0.2) is 0 Å². The van der Waals surface area contributed by atoms with Crippen molar-refractivity contribution in [3.8, 4) is 5.75 Å². The zero-order valence-electron chi connectivity index (χ0n) is 14.6. The minimum Gasteiger partial charge on any atom is -0.495 e. The normalized spacial score (nSPS) is 20.3. The number of nitrogens with zero attached hydrogens (tertiary/aromatic N) is 1. The Kier molecular flexibility index (Phi) is 5.75. The van der Waals surface area contributed by atoms with Gasteiger partial charge in [0.1, 0.15) is 5.75 Å². The molecule has 0 aromatic heterocycles. The predicted octanol–water partition coefficient (Wildman–Crippen LogP) is 1.34. The van der Waals surface area contributed by atoms with E-state index in [1.165, 1.54) is 12.8 Å². The molecule has 3 N–H and O–H groups in total. The lowest BCUT2D eigenvalue weighted by Gasteiger charge is -2.22. The molecule has 2 heterocycles. The van der Waals surface area contributed by atoms with Crippen molar-refractivity contribution >= 4 is 17.6 Å². The molecule has 1 aromatic rings. The molecule has 1 aromatic carbocycles. The van der Waals surface area contributed by atoms with E-state index in [1.54, 1.807) is 30.2 Å². The Morgan fingerprint density at radius 2 is 2.28 bits per heavy atom. The van der Waals surface area contributed by atoms with Gasteiger partial charge in [0.2, 0.25) is 0 Å². The lowest BCUT2D eigenvalue weighted by molar-refractivity contribution is 0.0950. The van der Waals surface area contributed by atoms with E-state index in [4.69, 9.17) is 4.74 Å². The van der Waals surface area contributed by atoms with E-state index in [9.17, 15) is 9.59 Å². The van der Waals surface area contributed by atoms with Gasteiger partial charge in [-0.25, -0.2) is 4.79 Å². The quantitative estimate of drug-likeness (QED) is 0.726. The summed E-state index contributed by atoms with van der Waals surface area (Å²) in [5, 5.41) is 9.14. The SMILES string of the molecule is COc1ccc(C(=O)NCCC2CCCNC2)cc1N1CCNC1=O. The van der Waals surface area contributed by atoms with Crippen molar-refractivity contribution in [3.05, 3.63) is 23.8 Å². The summed E-state index contributed by atoms with van der Waals surface area (Å²) >= 11 is 0. The molecule has 7 heteroatoms. The first-order chi connectivity index (χ1) is 12.2. The first-order valence-electron chi connectivity index (χ1n) is 8.91. The van der Waals surface area contributed by atoms with Crippen LogP contribution in [0.4, 0.5) is 10.5 Å². The highest BCUT2D eigenvalue weighted by Crippen LogP contribution is 2.30. The molecule has 2 saturated heterocycles. The first kappa shape index (κ1) is 17.5. The van der Waals surface area contributed by atoms with Crippen LogP contribution in [0.5, 0.6) is 5.75 Å². The first-order valence-corrected chi connectivity index (χ1v) is 8.91. The maximum atomic E-state index is 12.4. The summed E-state index contributed by atoms with van der Waals surface area (Å²) in [5.74, 6) is 1.10. The Morgan fingerprint density at radius 3 is 2.96 bits per heavy atom. The molecule has 0 radical (unpaired) electrons. The van der Waals surface area contributed by atoms with Crippen LogP contribution in [0, 0.1) is 5.92 Å². The van der Waals surface area contributed by atoms with E-state index in [0.29, 0.717) is 42.6 Å². The van der Waals surface area contributed by atoms with Gasteiger partial charge in [0, 0.05) is 25.2 Å². The fraction of sp³-hybridized carbons (Fsp3) is 0.556. The highest BCUT2D eigenvalue weighted by atomic mass is 16.5.